The maximum absolute atomic E-state index is 14.2. The number of anilines is 3. The number of pyridine rings is 1. The Bertz CT molecular complexity index is 1200. The molecule has 3 N–H and O–H groups in total. The summed E-state index contributed by atoms with van der Waals surface area (Å²) in [5, 5.41) is 2.23. The van der Waals surface area contributed by atoms with Crippen LogP contribution < -0.4 is 20.7 Å². The molecule has 2 aromatic heterocycles. The first kappa shape index (κ1) is 24.0. The molecule has 0 saturated carbocycles. The van der Waals surface area contributed by atoms with E-state index in [1.165, 1.54) is 11.1 Å². The Hall–Kier alpha value is -4.16. The van der Waals surface area contributed by atoms with Gasteiger partial charge in [-0.1, -0.05) is 6.07 Å². The van der Waals surface area contributed by atoms with E-state index in [-0.39, 0.29) is 25.6 Å². The van der Waals surface area contributed by atoms with E-state index in [0.29, 0.717) is 36.4 Å². The third kappa shape index (κ3) is 5.67. The molecule has 1 saturated heterocycles. The molecule has 0 atom stereocenters. The number of amides is 2. The van der Waals surface area contributed by atoms with Gasteiger partial charge in [-0.2, -0.15) is 13.2 Å². The third-order valence-corrected chi connectivity index (χ3v) is 5.27. The molecule has 0 spiro atoms. The van der Waals surface area contributed by atoms with Crippen molar-refractivity contribution in [2.45, 2.75) is 12.8 Å². The minimum atomic E-state index is -4.86. The fraction of sp³-hybridized carbons (Fsp3) is 0.273. The second kappa shape index (κ2) is 9.99. The largest absolute Gasteiger partial charge is 0.483 e. The van der Waals surface area contributed by atoms with Crippen molar-refractivity contribution < 1.29 is 27.1 Å². The summed E-state index contributed by atoms with van der Waals surface area (Å²) in [6, 6.07) is 7.21. The van der Waals surface area contributed by atoms with E-state index in [2.05, 4.69) is 20.3 Å². The molecule has 0 radical (unpaired) electrons. The number of nitrogens with two attached hydrogens (primary N) is 1. The average Bonchev–Trinajstić information content (AvgIpc) is 2.83. The van der Waals surface area contributed by atoms with E-state index in [4.69, 9.17) is 10.5 Å². The molecule has 184 valence electrons. The molecule has 4 rings (SSSR count). The van der Waals surface area contributed by atoms with Gasteiger partial charge in [0.2, 0.25) is 5.95 Å². The summed E-state index contributed by atoms with van der Waals surface area (Å²) in [4.78, 5) is 28.2. The van der Waals surface area contributed by atoms with E-state index in [1.807, 2.05) is 4.90 Å². The fourth-order valence-corrected chi connectivity index (χ4v) is 3.54. The van der Waals surface area contributed by atoms with Gasteiger partial charge in [-0.3, -0.25) is 0 Å². The Labute approximate surface area is 197 Å². The average molecular weight is 491 g/mol. The van der Waals surface area contributed by atoms with E-state index in [0.717, 1.165) is 12.1 Å². The van der Waals surface area contributed by atoms with E-state index in [1.54, 1.807) is 24.4 Å². The topological polar surface area (TPSA) is 109 Å². The van der Waals surface area contributed by atoms with Gasteiger partial charge in [0.15, 0.2) is 17.4 Å². The van der Waals surface area contributed by atoms with Gasteiger partial charge in [0.1, 0.15) is 6.61 Å². The van der Waals surface area contributed by atoms with Gasteiger partial charge in [0, 0.05) is 38.6 Å². The Balaban J connectivity index is 1.37. The zero-order chi connectivity index (χ0) is 25.0. The second-order valence-electron chi connectivity index (χ2n) is 7.59. The number of carbonyl (C=O) groups excluding carboxylic acids is 1. The second-order valence-corrected chi connectivity index (χ2v) is 7.59. The number of hydrogen-bond acceptors (Lipinski definition) is 7. The molecule has 13 heteroatoms. The number of hydrogen-bond donors (Lipinski definition) is 2. The Morgan fingerprint density at radius 1 is 1.06 bits per heavy atom. The highest BCUT2D eigenvalue weighted by Crippen LogP contribution is 2.34. The number of urea groups is 1. The van der Waals surface area contributed by atoms with Crippen LogP contribution in [-0.2, 0) is 12.8 Å². The lowest BCUT2D eigenvalue weighted by Crippen LogP contribution is -2.50. The number of benzene rings is 1. The van der Waals surface area contributed by atoms with Crippen LogP contribution in [-0.4, -0.2) is 52.1 Å². The molecule has 0 aliphatic carbocycles. The summed E-state index contributed by atoms with van der Waals surface area (Å²) in [6.45, 7) is 1.39. The van der Waals surface area contributed by atoms with Crippen LogP contribution in [0.4, 0.5) is 39.8 Å². The first-order valence-corrected chi connectivity index (χ1v) is 10.5. The van der Waals surface area contributed by atoms with Gasteiger partial charge in [0.25, 0.3) is 0 Å². The minimum Gasteiger partial charge on any atom is -0.483 e. The molecule has 3 heterocycles. The molecule has 0 bridgehead atoms. The number of aromatic nitrogens is 3. The van der Waals surface area contributed by atoms with E-state index >= 15 is 0 Å². The molecule has 2 amide bonds. The number of rotatable bonds is 5. The Kier molecular flexibility index (Phi) is 6.85. The van der Waals surface area contributed by atoms with Crippen LogP contribution in [0.2, 0.25) is 0 Å². The van der Waals surface area contributed by atoms with Gasteiger partial charge < -0.3 is 25.6 Å². The van der Waals surface area contributed by atoms with E-state index < -0.39 is 29.3 Å². The normalized spacial score (nSPS) is 14.1. The molecule has 1 aliphatic rings. The number of nitrogen functional groups attached to an aromatic ring is 1. The maximum Gasteiger partial charge on any atom is 0.419 e. The predicted octanol–water partition coefficient (Wildman–Crippen LogP) is 3.54. The van der Waals surface area contributed by atoms with Crippen molar-refractivity contribution in [1.29, 1.82) is 0 Å². The standard InChI is InChI=1S/C22H21F4N7O2/c23-18-15(22(24,25)26)3-1-4-16(18)31-21(34)33-11-9-32(10-12-33)19-17(5-2-7-28-19)35-13-14-6-8-29-20(27)30-14/h1-8H,9-13H2,(H,31,34)(H2,27,29,30). The number of piperazine rings is 1. The first-order valence-electron chi connectivity index (χ1n) is 10.5. The predicted molar refractivity (Wildman–Crippen MR) is 119 cm³/mol. The van der Waals surface area contributed by atoms with Crippen molar-refractivity contribution in [3.63, 3.8) is 0 Å². The lowest BCUT2D eigenvalue weighted by Gasteiger charge is -2.35. The molecule has 1 aromatic carbocycles. The molecule has 1 aliphatic heterocycles. The van der Waals surface area contributed by atoms with Crippen LogP contribution in [0.15, 0.2) is 48.8 Å². The summed E-state index contributed by atoms with van der Waals surface area (Å²) < 4.78 is 58.9. The van der Waals surface area contributed by atoms with Crippen LogP contribution >= 0.6 is 0 Å². The van der Waals surface area contributed by atoms with Crippen LogP contribution in [0.25, 0.3) is 0 Å². The number of alkyl halides is 3. The zero-order valence-electron chi connectivity index (χ0n) is 18.3. The van der Waals surface area contributed by atoms with Crippen LogP contribution in [0, 0.1) is 5.82 Å². The highest BCUT2D eigenvalue weighted by atomic mass is 19.4. The highest BCUT2D eigenvalue weighted by molar-refractivity contribution is 5.89. The highest BCUT2D eigenvalue weighted by Gasteiger charge is 2.35. The number of carbonyl (C=O) groups is 1. The molecule has 1 fully saturated rings. The smallest absolute Gasteiger partial charge is 0.419 e. The van der Waals surface area contributed by atoms with Crippen molar-refractivity contribution in [3.8, 4) is 5.75 Å². The number of halogens is 4. The zero-order valence-corrected chi connectivity index (χ0v) is 18.3. The van der Waals surface area contributed by atoms with Crippen molar-refractivity contribution in [1.82, 2.24) is 19.9 Å². The summed E-state index contributed by atoms with van der Waals surface area (Å²) in [5.74, 6) is -0.309. The summed E-state index contributed by atoms with van der Waals surface area (Å²) in [5.41, 5.74) is 4.21. The van der Waals surface area contributed by atoms with E-state index in [9.17, 15) is 22.4 Å². The molecular weight excluding hydrogens is 470 g/mol. The summed E-state index contributed by atoms with van der Waals surface area (Å²) in [6.07, 6.45) is -1.72. The van der Waals surface area contributed by atoms with Crippen molar-refractivity contribution in [2.75, 3.05) is 42.1 Å². The van der Waals surface area contributed by atoms with Gasteiger partial charge in [-0.05, 0) is 30.3 Å². The molecule has 3 aromatic rings. The molecular formula is C22H21F4N7O2. The summed E-state index contributed by atoms with van der Waals surface area (Å²) >= 11 is 0. The minimum absolute atomic E-state index is 0.136. The lowest BCUT2D eigenvalue weighted by molar-refractivity contribution is -0.139. The fourth-order valence-electron chi connectivity index (χ4n) is 3.54. The number of nitrogens with one attached hydrogen (secondary N) is 1. The Morgan fingerprint density at radius 3 is 2.54 bits per heavy atom. The van der Waals surface area contributed by atoms with Crippen molar-refractivity contribution >= 4 is 23.5 Å². The lowest BCUT2D eigenvalue weighted by atomic mass is 10.1. The quantitative estimate of drug-likeness (QED) is 0.526. The van der Waals surface area contributed by atoms with Crippen LogP contribution in [0.1, 0.15) is 11.3 Å². The monoisotopic (exact) mass is 491 g/mol. The molecule has 9 nitrogen and oxygen atoms in total. The number of nitrogens with zero attached hydrogens (tertiary/aromatic N) is 5. The van der Waals surface area contributed by atoms with Crippen molar-refractivity contribution in [2.24, 2.45) is 0 Å². The Morgan fingerprint density at radius 2 is 1.83 bits per heavy atom. The SMILES string of the molecule is Nc1nccc(COc2cccnc2N2CCN(C(=O)Nc3cccc(C(F)(F)F)c3F)CC2)n1. The van der Waals surface area contributed by atoms with Crippen molar-refractivity contribution in [3.05, 3.63) is 65.9 Å². The maximum atomic E-state index is 14.2. The summed E-state index contributed by atoms with van der Waals surface area (Å²) in [7, 11) is 0. The molecule has 35 heavy (non-hydrogen) atoms. The first-order chi connectivity index (χ1) is 16.7. The van der Waals surface area contributed by atoms with Gasteiger partial charge in [-0.25, -0.2) is 24.1 Å². The van der Waals surface area contributed by atoms with Crippen LogP contribution in [0.5, 0.6) is 5.75 Å². The molecule has 0 unspecified atom stereocenters. The third-order valence-electron chi connectivity index (χ3n) is 5.27. The van der Waals surface area contributed by atoms with Gasteiger partial charge >= 0.3 is 12.2 Å². The van der Waals surface area contributed by atoms with Crippen LogP contribution in [0.3, 0.4) is 0 Å². The van der Waals surface area contributed by atoms with Gasteiger partial charge in [0.05, 0.1) is 16.9 Å². The van der Waals surface area contributed by atoms with Gasteiger partial charge in [-0.15, -0.1) is 0 Å². The number of ether oxygens (including phenoxy) is 1.